The first-order valence-electron chi connectivity index (χ1n) is 15.2. The number of nitriles is 1. The minimum Gasteiger partial charge on any atom is -0.444 e. The lowest BCUT2D eigenvalue weighted by molar-refractivity contribution is 0.0240. The van der Waals surface area contributed by atoms with Gasteiger partial charge < -0.3 is 29.9 Å². The molecule has 0 aliphatic carbocycles. The van der Waals surface area contributed by atoms with Crippen molar-refractivity contribution in [1.82, 2.24) is 24.8 Å². The average molecular weight is 607 g/mol. The summed E-state index contributed by atoms with van der Waals surface area (Å²) in [4.78, 5) is 32.6. The highest BCUT2D eigenvalue weighted by Gasteiger charge is 2.30. The van der Waals surface area contributed by atoms with Gasteiger partial charge >= 0.3 is 6.09 Å². The SMILES string of the molecule is Cc1cnc(N)nc1Oc1cccc2c(N3CCN(C(=O)OC(C)(C)C)CC3)c(C#N)c(-c3cccc4c3CCN(C)C4)nc12. The molecule has 4 aromatic rings. The summed E-state index contributed by atoms with van der Waals surface area (Å²) >= 11 is 0. The van der Waals surface area contributed by atoms with Crippen molar-refractivity contribution in [3.05, 3.63) is 64.8 Å². The summed E-state index contributed by atoms with van der Waals surface area (Å²) in [5.41, 5.74) is 11.9. The lowest BCUT2D eigenvalue weighted by Crippen LogP contribution is -2.50. The first-order valence-corrected chi connectivity index (χ1v) is 15.2. The molecule has 2 N–H and O–H groups in total. The molecule has 0 spiro atoms. The maximum absolute atomic E-state index is 12.8. The monoisotopic (exact) mass is 606 g/mol. The number of fused-ring (bicyclic) bond motifs is 2. The zero-order chi connectivity index (χ0) is 31.9. The van der Waals surface area contributed by atoms with E-state index < -0.39 is 5.60 Å². The molecule has 0 bridgehead atoms. The van der Waals surface area contributed by atoms with Crippen molar-refractivity contribution in [1.29, 1.82) is 5.26 Å². The lowest BCUT2D eigenvalue weighted by Gasteiger charge is -2.37. The Balaban J connectivity index is 1.50. The van der Waals surface area contributed by atoms with Gasteiger partial charge in [-0.25, -0.2) is 14.8 Å². The van der Waals surface area contributed by atoms with Crippen LogP contribution in [0.15, 0.2) is 42.6 Å². The topological polar surface area (TPSA) is 134 Å². The van der Waals surface area contributed by atoms with Crippen LogP contribution in [0.25, 0.3) is 22.2 Å². The highest BCUT2D eigenvalue weighted by molar-refractivity contribution is 6.01. The van der Waals surface area contributed by atoms with E-state index in [2.05, 4.69) is 45.0 Å². The summed E-state index contributed by atoms with van der Waals surface area (Å²) in [6, 6.07) is 14.5. The quantitative estimate of drug-likeness (QED) is 0.327. The van der Waals surface area contributed by atoms with Crippen molar-refractivity contribution < 1.29 is 14.3 Å². The molecule has 45 heavy (non-hydrogen) atoms. The van der Waals surface area contributed by atoms with Crippen molar-refractivity contribution in [2.75, 3.05) is 50.4 Å². The van der Waals surface area contributed by atoms with Gasteiger partial charge in [-0.05, 0) is 58.4 Å². The molecule has 232 valence electrons. The lowest BCUT2D eigenvalue weighted by atomic mass is 9.90. The van der Waals surface area contributed by atoms with Gasteiger partial charge in [0.05, 0.1) is 11.4 Å². The Morgan fingerprint density at radius 1 is 1.04 bits per heavy atom. The highest BCUT2D eigenvalue weighted by Crippen LogP contribution is 2.42. The van der Waals surface area contributed by atoms with E-state index in [1.807, 2.05) is 52.0 Å². The van der Waals surface area contributed by atoms with Gasteiger partial charge in [0.1, 0.15) is 22.8 Å². The predicted molar refractivity (Wildman–Crippen MR) is 173 cm³/mol. The van der Waals surface area contributed by atoms with E-state index in [9.17, 15) is 10.1 Å². The Kier molecular flexibility index (Phi) is 7.93. The van der Waals surface area contributed by atoms with Crippen molar-refractivity contribution in [3.63, 3.8) is 0 Å². The fourth-order valence-corrected chi connectivity index (χ4v) is 6.01. The number of pyridine rings is 1. The van der Waals surface area contributed by atoms with Crippen LogP contribution >= 0.6 is 0 Å². The molecular formula is C34H38N8O3. The van der Waals surface area contributed by atoms with E-state index >= 15 is 0 Å². The number of hydrogen-bond donors (Lipinski definition) is 1. The standard InChI is InChI=1S/C34H38N8O3/c1-21-19-37-32(36)39-31(21)44-27-11-7-10-25-29(27)38-28(24-9-6-8-22-20-40(5)13-12-23(22)24)26(18-35)30(25)41-14-16-42(17-15-41)33(43)45-34(2,3)4/h6-11,19H,12-17,20H2,1-5H3,(H2,36,37,39). The van der Waals surface area contributed by atoms with Crippen LogP contribution in [0.2, 0.25) is 0 Å². The smallest absolute Gasteiger partial charge is 0.410 e. The number of piperazine rings is 1. The molecule has 4 heterocycles. The minimum atomic E-state index is -0.578. The number of likely N-dealkylation sites (N-methyl/N-ethyl adjacent to an activating group) is 1. The van der Waals surface area contributed by atoms with Crippen molar-refractivity contribution in [3.8, 4) is 29.0 Å². The molecule has 0 radical (unpaired) electrons. The van der Waals surface area contributed by atoms with Crippen LogP contribution in [0.5, 0.6) is 11.6 Å². The van der Waals surface area contributed by atoms with Gasteiger partial charge in [-0.3, -0.25) is 0 Å². The van der Waals surface area contributed by atoms with Crippen LogP contribution in [0.4, 0.5) is 16.4 Å². The molecule has 2 aliphatic rings. The molecule has 1 saturated heterocycles. The predicted octanol–water partition coefficient (Wildman–Crippen LogP) is 5.29. The fourth-order valence-electron chi connectivity index (χ4n) is 6.01. The van der Waals surface area contributed by atoms with Gasteiger partial charge in [-0.1, -0.05) is 30.3 Å². The number of amides is 1. The number of nitrogen functional groups attached to an aromatic ring is 1. The van der Waals surface area contributed by atoms with Gasteiger partial charge in [-0.2, -0.15) is 10.2 Å². The second-order valence-electron chi connectivity index (χ2n) is 12.7. The summed E-state index contributed by atoms with van der Waals surface area (Å²) < 4.78 is 12.0. The molecular weight excluding hydrogens is 568 g/mol. The van der Waals surface area contributed by atoms with Gasteiger partial charge in [0.2, 0.25) is 11.8 Å². The first-order chi connectivity index (χ1) is 21.5. The molecule has 11 nitrogen and oxygen atoms in total. The zero-order valence-electron chi connectivity index (χ0n) is 26.4. The summed E-state index contributed by atoms with van der Waals surface area (Å²) in [6.45, 7) is 11.2. The summed E-state index contributed by atoms with van der Waals surface area (Å²) in [6.07, 6.45) is 2.14. The first kappa shape index (κ1) is 30.1. The van der Waals surface area contributed by atoms with E-state index in [0.717, 1.165) is 41.7 Å². The number of aromatic nitrogens is 3. The Bertz CT molecular complexity index is 1820. The van der Waals surface area contributed by atoms with Gasteiger partial charge in [0.15, 0.2) is 5.75 Å². The third-order valence-electron chi connectivity index (χ3n) is 8.17. The summed E-state index contributed by atoms with van der Waals surface area (Å²) in [5.74, 6) is 0.952. The number of hydrogen-bond acceptors (Lipinski definition) is 10. The van der Waals surface area contributed by atoms with E-state index in [4.69, 9.17) is 20.2 Å². The van der Waals surface area contributed by atoms with E-state index in [1.165, 1.54) is 11.1 Å². The molecule has 0 atom stereocenters. The van der Waals surface area contributed by atoms with Crippen molar-refractivity contribution in [2.24, 2.45) is 0 Å². The average Bonchev–Trinajstić information content (AvgIpc) is 3.01. The molecule has 11 heteroatoms. The molecule has 1 fully saturated rings. The number of rotatable bonds is 4. The third-order valence-corrected chi connectivity index (χ3v) is 8.17. The molecule has 2 aromatic carbocycles. The van der Waals surface area contributed by atoms with E-state index in [1.54, 1.807) is 11.1 Å². The number of nitrogens with two attached hydrogens (primary N) is 1. The largest absolute Gasteiger partial charge is 0.444 e. The molecule has 0 saturated carbocycles. The number of benzene rings is 2. The summed E-state index contributed by atoms with van der Waals surface area (Å²) in [7, 11) is 2.12. The fraction of sp³-hybridized carbons (Fsp3) is 0.382. The maximum atomic E-state index is 12.8. The number of carbonyl (C=O) groups excluding carboxylic acids is 1. The zero-order valence-corrected chi connectivity index (χ0v) is 26.4. The number of para-hydroxylation sites is 1. The second-order valence-corrected chi connectivity index (χ2v) is 12.7. The summed E-state index contributed by atoms with van der Waals surface area (Å²) in [5, 5.41) is 11.5. The number of aryl methyl sites for hydroxylation is 1. The van der Waals surface area contributed by atoms with Crippen molar-refractivity contribution in [2.45, 2.75) is 46.3 Å². The van der Waals surface area contributed by atoms with E-state index in [-0.39, 0.29) is 12.0 Å². The molecule has 2 aromatic heterocycles. The van der Waals surface area contributed by atoms with Crippen LogP contribution in [0.3, 0.4) is 0 Å². The molecule has 6 rings (SSSR count). The Hall–Kier alpha value is -4.95. The minimum absolute atomic E-state index is 0.112. The Labute approximate surface area is 263 Å². The van der Waals surface area contributed by atoms with Gasteiger partial charge in [0.25, 0.3) is 0 Å². The Morgan fingerprint density at radius 2 is 1.80 bits per heavy atom. The maximum Gasteiger partial charge on any atom is 0.410 e. The Morgan fingerprint density at radius 3 is 2.53 bits per heavy atom. The van der Waals surface area contributed by atoms with Crippen LogP contribution in [-0.4, -0.2) is 76.2 Å². The van der Waals surface area contributed by atoms with Crippen molar-refractivity contribution >= 4 is 28.6 Å². The highest BCUT2D eigenvalue weighted by atomic mass is 16.6. The molecule has 0 unspecified atom stereocenters. The van der Waals surface area contributed by atoms with Gasteiger partial charge in [0, 0.05) is 62.0 Å². The number of nitrogens with zero attached hydrogens (tertiary/aromatic N) is 7. The number of carbonyl (C=O) groups is 1. The second kappa shape index (κ2) is 11.9. The molecule has 2 aliphatic heterocycles. The third kappa shape index (κ3) is 6.06. The van der Waals surface area contributed by atoms with E-state index in [0.29, 0.717) is 54.6 Å². The number of ether oxygens (including phenoxy) is 2. The normalized spacial score (nSPS) is 15.5. The van der Waals surface area contributed by atoms with Crippen LogP contribution in [-0.2, 0) is 17.7 Å². The van der Waals surface area contributed by atoms with Gasteiger partial charge in [-0.15, -0.1) is 0 Å². The van der Waals surface area contributed by atoms with Crippen LogP contribution < -0.4 is 15.4 Å². The number of anilines is 2. The molecule has 1 amide bonds. The van der Waals surface area contributed by atoms with Crippen LogP contribution in [0, 0.1) is 18.3 Å². The van der Waals surface area contributed by atoms with Crippen LogP contribution in [0.1, 0.15) is 43.0 Å².